The van der Waals surface area contributed by atoms with E-state index in [1.807, 2.05) is 4.90 Å². The van der Waals surface area contributed by atoms with Crippen molar-refractivity contribution in [3.63, 3.8) is 0 Å². The van der Waals surface area contributed by atoms with Crippen LogP contribution < -0.4 is 0 Å². The second-order valence-electron chi connectivity index (χ2n) is 8.14. The van der Waals surface area contributed by atoms with Crippen molar-refractivity contribution < 1.29 is 9.53 Å². The molecule has 0 aromatic rings. The highest BCUT2D eigenvalue weighted by atomic mass is 16.5. The van der Waals surface area contributed by atoms with Crippen LogP contribution in [0.25, 0.3) is 0 Å². The van der Waals surface area contributed by atoms with Gasteiger partial charge in [-0.3, -0.25) is 9.69 Å². The van der Waals surface area contributed by atoms with Crippen LogP contribution in [0, 0.1) is 0 Å². The van der Waals surface area contributed by atoms with E-state index in [0.717, 1.165) is 25.9 Å². The van der Waals surface area contributed by atoms with Crippen molar-refractivity contribution >= 4 is 5.91 Å². The molecule has 2 saturated heterocycles. The topological polar surface area (TPSA) is 32.8 Å². The van der Waals surface area contributed by atoms with E-state index in [0.29, 0.717) is 13.0 Å². The molecule has 2 aliphatic heterocycles. The van der Waals surface area contributed by atoms with Gasteiger partial charge in [-0.25, -0.2) is 0 Å². The van der Waals surface area contributed by atoms with E-state index >= 15 is 0 Å². The molecule has 4 nitrogen and oxygen atoms in total. The summed E-state index contributed by atoms with van der Waals surface area (Å²) in [6.45, 7) is 15.5. The molecule has 2 heterocycles. The summed E-state index contributed by atoms with van der Waals surface area (Å²) < 4.78 is 6.20. The van der Waals surface area contributed by atoms with E-state index in [-0.39, 0.29) is 17.0 Å². The van der Waals surface area contributed by atoms with E-state index in [4.69, 9.17) is 4.74 Å². The molecule has 1 unspecified atom stereocenters. The number of amides is 1. The number of carbonyl (C=O) groups is 1. The van der Waals surface area contributed by atoms with Crippen LogP contribution in [0.15, 0.2) is 0 Å². The summed E-state index contributed by atoms with van der Waals surface area (Å²) in [5.74, 6) is 0.236. The van der Waals surface area contributed by atoms with Gasteiger partial charge in [0.25, 0.3) is 0 Å². The third-order valence-corrected chi connectivity index (χ3v) is 4.40. The van der Waals surface area contributed by atoms with Crippen molar-refractivity contribution in [3.8, 4) is 0 Å². The summed E-state index contributed by atoms with van der Waals surface area (Å²) in [6.07, 6.45) is 2.54. The van der Waals surface area contributed by atoms with Gasteiger partial charge >= 0.3 is 0 Å². The number of likely N-dealkylation sites (tertiary alicyclic amines) is 1. The third kappa shape index (κ3) is 2.86. The van der Waals surface area contributed by atoms with Gasteiger partial charge in [0.05, 0.1) is 13.0 Å². The first-order valence-corrected chi connectivity index (χ1v) is 7.78. The maximum atomic E-state index is 12.5. The minimum Gasteiger partial charge on any atom is -0.354 e. The molecule has 2 fully saturated rings. The van der Waals surface area contributed by atoms with Gasteiger partial charge in [0.1, 0.15) is 0 Å². The maximum Gasteiger partial charge on any atom is 0.227 e. The molecule has 2 aliphatic rings. The predicted molar refractivity (Wildman–Crippen MR) is 80.5 cm³/mol. The third-order valence-electron chi connectivity index (χ3n) is 4.40. The van der Waals surface area contributed by atoms with Crippen LogP contribution in [-0.4, -0.2) is 52.2 Å². The fraction of sp³-hybridized carbons (Fsp3) is 0.938. The first kappa shape index (κ1) is 15.8. The predicted octanol–water partition coefficient (Wildman–Crippen LogP) is 2.62. The Labute approximate surface area is 123 Å². The Kier molecular flexibility index (Phi) is 3.93. The number of hydrogen-bond donors (Lipinski definition) is 0. The Morgan fingerprint density at radius 3 is 2.30 bits per heavy atom. The molecule has 0 aromatic carbocycles. The zero-order chi connectivity index (χ0) is 15.2. The minimum absolute atomic E-state index is 0.112. The molecule has 1 spiro atoms. The van der Waals surface area contributed by atoms with Crippen molar-refractivity contribution in [2.45, 2.75) is 77.6 Å². The van der Waals surface area contributed by atoms with Crippen LogP contribution in [0.5, 0.6) is 0 Å². The zero-order valence-corrected chi connectivity index (χ0v) is 14.0. The Morgan fingerprint density at radius 2 is 1.75 bits per heavy atom. The van der Waals surface area contributed by atoms with E-state index in [1.165, 1.54) is 0 Å². The van der Waals surface area contributed by atoms with Crippen molar-refractivity contribution in [2.24, 2.45) is 0 Å². The van der Waals surface area contributed by atoms with Gasteiger partial charge in [0.2, 0.25) is 5.91 Å². The van der Waals surface area contributed by atoms with Crippen LogP contribution in [0.2, 0.25) is 0 Å². The first-order valence-electron chi connectivity index (χ1n) is 7.78. The smallest absolute Gasteiger partial charge is 0.227 e. The Morgan fingerprint density at radius 1 is 1.10 bits per heavy atom. The second-order valence-corrected chi connectivity index (χ2v) is 8.14. The largest absolute Gasteiger partial charge is 0.354 e. The quantitative estimate of drug-likeness (QED) is 0.685. The van der Waals surface area contributed by atoms with Crippen LogP contribution >= 0.6 is 0 Å². The first-order chi connectivity index (χ1) is 9.06. The summed E-state index contributed by atoms with van der Waals surface area (Å²) in [5, 5.41) is 0. The molecule has 0 bridgehead atoms. The lowest BCUT2D eigenvalue weighted by Crippen LogP contribution is -2.70. The SMILES string of the molecule is CC(C)(C)N1CCCC2(C1)OCCC(=O)N2C(C)(C)C. The van der Waals surface area contributed by atoms with Crippen molar-refractivity contribution in [3.05, 3.63) is 0 Å². The Balaban J connectivity index is 2.32. The van der Waals surface area contributed by atoms with Gasteiger partial charge in [0.15, 0.2) is 5.72 Å². The molecule has 2 rings (SSSR count). The molecular weight excluding hydrogens is 252 g/mol. The summed E-state index contributed by atoms with van der Waals surface area (Å²) in [4.78, 5) is 17.0. The highest BCUT2D eigenvalue weighted by molar-refractivity contribution is 5.78. The number of rotatable bonds is 0. The molecule has 1 amide bonds. The molecule has 0 radical (unpaired) electrons. The number of ether oxygens (including phenoxy) is 1. The molecule has 1 atom stereocenters. The highest BCUT2D eigenvalue weighted by Crippen LogP contribution is 2.39. The molecule has 0 aromatic heterocycles. The fourth-order valence-corrected chi connectivity index (χ4v) is 3.59. The molecule has 0 saturated carbocycles. The Bertz CT molecular complexity index is 377. The van der Waals surface area contributed by atoms with Gasteiger partial charge in [0, 0.05) is 17.6 Å². The second kappa shape index (κ2) is 4.99. The van der Waals surface area contributed by atoms with E-state index in [2.05, 4.69) is 46.4 Å². The molecule has 20 heavy (non-hydrogen) atoms. The van der Waals surface area contributed by atoms with E-state index in [1.54, 1.807) is 0 Å². The molecule has 4 heteroatoms. The zero-order valence-electron chi connectivity index (χ0n) is 14.0. The van der Waals surface area contributed by atoms with E-state index in [9.17, 15) is 4.79 Å². The standard InChI is InChI=1S/C16H30N2O2/c1-14(2,3)17-10-7-9-16(12-17)18(15(4,5)6)13(19)8-11-20-16/h7-12H2,1-6H3. The molecule has 0 aliphatic carbocycles. The summed E-state index contributed by atoms with van der Waals surface area (Å²) in [5.41, 5.74) is -0.516. The van der Waals surface area contributed by atoms with Gasteiger partial charge in [-0.2, -0.15) is 0 Å². The average molecular weight is 282 g/mol. The molecular formula is C16H30N2O2. The molecule has 116 valence electrons. The van der Waals surface area contributed by atoms with Gasteiger partial charge < -0.3 is 9.64 Å². The number of hydrogen-bond acceptors (Lipinski definition) is 3. The summed E-state index contributed by atoms with van der Waals surface area (Å²) >= 11 is 0. The Hall–Kier alpha value is -0.610. The van der Waals surface area contributed by atoms with Crippen molar-refractivity contribution in [2.75, 3.05) is 19.7 Å². The monoisotopic (exact) mass is 282 g/mol. The lowest BCUT2D eigenvalue weighted by molar-refractivity contribution is -0.236. The average Bonchev–Trinajstić information content (AvgIpc) is 2.25. The number of nitrogens with zero attached hydrogens (tertiary/aromatic N) is 2. The summed E-state index contributed by atoms with van der Waals surface area (Å²) in [7, 11) is 0. The number of carbonyl (C=O) groups excluding carboxylic acids is 1. The van der Waals surface area contributed by atoms with Gasteiger partial charge in [-0.05, 0) is 60.9 Å². The maximum absolute atomic E-state index is 12.5. The van der Waals surface area contributed by atoms with Crippen molar-refractivity contribution in [1.82, 2.24) is 9.80 Å². The lowest BCUT2D eigenvalue weighted by atomic mass is 9.89. The van der Waals surface area contributed by atoms with Gasteiger partial charge in [-0.15, -0.1) is 0 Å². The highest BCUT2D eigenvalue weighted by Gasteiger charge is 2.51. The van der Waals surface area contributed by atoms with Crippen LogP contribution in [-0.2, 0) is 9.53 Å². The summed E-state index contributed by atoms with van der Waals surface area (Å²) in [6, 6.07) is 0. The fourth-order valence-electron chi connectivity index (χ4n) is 3.59. The number of piperidine rings is 1. The lowest BCUT2D eigenvalue weighted by Gasteiger charge is -2.57. The van der Waals surface area contributed by atoms with Crippen molar-refractivity contribution in [1.29, 1.82) is 0 Å². The van der Waals surface area contributed by atoms with Crippen LogP contribution in [0.4, 0.5) is 0 Å². The van der Waals surface area contributed by atoms with Crippen LogP contribution in [0.1, 0.15) is 60.8 Å². The van der Waals surface area contributed by atoms with E-state index < -0.39 is 5.72 Å². The van der Waals surface area contributed by atoms with Gasteiger partial charge in [-0.1, -0.05) is 0 Å². The van der Waals surface area contributed by atoms with Crippen LogP contribution in [0.3, 0.4) is 0 Å². The minimum atomic E-state index is -0.431. The molecule has 0 N–H and O–H groups in total. The normalized spacial score (nSPS) is 30.1.